The predicted octanol–water partition coefficient (Wildman–Crippen LogP) is 4.03. The molecule has 0 radical (unpaired) electrons. The first-order valence-electron chi connectivity index (χ1n) is 8.33. The Hall–Kier alpha value is -3.11. The first-order chi connectivity index (χ1) is 12.7. The van der Waals surface area contributed by atoms with Gasteiger partial charge in [0.1, 0.15) is 0 Å². The van der Waals surface area contributed by atoms with Crippen molar-refractivity contribution >= 4 is 28.2 Å². The van der Waals surface area contributed by atoms with Gasteiger partial charge in [-0.25, -0.2) is 9.97 Å². The van der Waals surface area contributed by atoms with Crippen molar-refractivity contribution in [1.82, 2.24) is 0 Å². The van der Waals surface area contributed by atoms with E-state index < -0.39 is 0 Å². The van der Waals surface area contributed by atoms with Gasteiger partial charge in [-0.3, -0.25) is 0 Å². The number of H-pyrrole nitrogens is 2. The number of nitrogens with one attached hydrogen (secondary N) is 3. The van der Waals surface area contributed by atoms with Crippen LogP contribution in [0.2, 0.25) is 5.02 Å². The molecule has 0 saturated carbocycles. The lowest BCUT2D eigenvalue weighted by Gasteiger charge is -2.21. The van der Waals surface area contributed by atoms with Crippen LogP contribution in [-0.4, -0.2) is 5.11 Å². The van der Waals surface area contributed by atoms with Crippen LogP contribution >= 0.6 is 11.6 Å². The molecule has 0 saturated heterocycles. The van der Waals surface area contributed by atoms with E-state index in [2.05, 4.69) is 15.3 Å². The highest BCUT2D eigenvalue weighted by molar-refractivity contribution is 6.30. The van der Waals surface area contributed by atoms with Crippen molar-refractivity contribution in [3.05, 3.63) is 95.4 Å². The Balaban J connectivity index is 1.84. The lowest BCUT2D eigenvalue weighted by atomic mass is 9.96. The molecule has 0 aliphatic carbocycles. The summed E-state index contributed by atoms with van der Waals surface area (Å²) >= 11 is 6.13. The highest BCUT2D eigenvalue weighted by Gasteiger charge is 2.22. The molecule has 5 heteroatoms. The van der Waals surface area contributed by atoms with Crippen LogP contribution in [0, 0.1) is 0 Å². The topological polar surface area (TPSA) is 60.5 Å². The molecule has 0 amide bonds. The minimum Gasteiger partial charge on any atom is -0.502 e. The zero-order chi connectivity index (χ0) is 17.9. The number of rotatable bonds is 4. The molecule has 4 nitrogen and oxygen atoms in total. The monoisotopic (exact) mass is 363 g/mol. The Morgan fingerprint density at radius 2 is 1.77 bits per heavy atom. The molecule has 2 heterocycles. The summed E-state index contributed by atoms with van der Waals surface area (Å²) in [6.07, 6.45) is 5.54. The van der Waals surface area contributed by atoms with E-state index in [9.17, 15) is 5.11 Å². The van der Waals surface area contributed by atoms with E-state index in [1.54, 1.807) is 0 Å². The van der Waals surface area contributed by atoms with Gasteiger partial charge in [-0.1, -0.05) is 23.7 Å². The van der Waals surface area contributed by atoms with Crippen LogP contribution in [0.15, 0.2) is 79.3 Å². The van der Waals surface area contributed by atoms with Gasteiger partial charge in [0.05, 0.1) is 11.4 Å². The van der Waals surface area contributed by atoms with Crippen molar-refractivity contribution in [2.24, 2.45) is 0 Å². The van der Waals surface area contributed by atoms with Gasteiger partial charge in [-0.2, -0.15) is 0 Å². The molecule has 0 bridgehead atoms. The molecule has 128 valence electrons. The van der Waals surface area contributed by atoms with Crippen molar-refractivity contribution in [3.8, 4) is 5.75 Å². The minimum atomic E-state index is -0.235. The van der Waals surface area contributed by atoms with Crippen molar-refractivity contribution in [1.29, 1.82) is 0 Å². The first kappa shape index (κ1) is 16.4. The number of anilines is 1. The molecule has 1 unspecified atom stereocenters. The highest BCUT2D eigenvalue weighted by Crippen LogP contribution is 2.35. The van der Waals surface area contributed by atoms with Gasteiger partial charge in [0, 0.05) is 34.5 Å². The van der Waals surface area contributed by atoms with Gasteiger partial charge in [-0.05, 0) is 35.9 Å². The molecular formula is C21H18ClN3O+2. The Morgan fingerprint density at radius 3 is 2.58 bits per heavy atom. The lowest BCUT2D eigenvalue weighted by Crippen LogP contribution is -2.15. The van der Waals surface area contributed by atoms with E-state index in [4.69, 9.17) is 11.6 Å². The van der Waals surface area contributed by atoms with Crippen LogP contribution in [-0.2, 0) is 0 Å². The maximum absolute atomic E-state index is 10.9. The van der Waals surface area contributed by atoms with Crippen LogP contribution in [0.5, 0.6) is 5.75 Å². The SMILES string of the molecule is Oc1c(C(Nc2cccc(Cl)c2)c2cc[nH+]cc2)ccc2ccc[nH+]c12. The molecule has 0 aliphatic rings. The second-order valence-electron chi connectivity index (χ2n) is 6.06. The number of phenolic OH excluding ortho intramolecular Hbond substituents is 1. The lowest BCUT2D eigenvalue weighted by molar-refractivity contribution is -0.378. The van der Waals surface area contributed by atoms with Gasteiger partial charge < -0.3 is 10.4 Å². The molecule has 4 N–H and O–H groups in total. The van der Waals surface area contributed by atoms with Crippen LogP contribution in [0.4, 0.5) is 5.69 Å². The fourth-order valence-corrected chi connectivity index (χ4v) is 3.30. The highest BCUT2D eigenvalue weighted by atomic mass is 35.5. The van der Waals surface area contributed by atoms with E-state index in [0.29, 0.717) is 10.5 Å². The molecule has 0 aliphatic heterocycles. The molecule has 2 aromatic heterocycles. The number of aromatic amines is 2. The predicted molar refractivity (Wildman–Crippen MR) is 102 cm³/mol. The van der Waals surface area contributed by atoms with Crippen LogP contribution in [0.1, 0.15) is 17.2 Å². The zero-order valence-corrected chi connectivity index (χ0v) is 14.7. The molecule has 4 aromatic rings. The van der Waals surface area contributed by atoms with Gasteiger partial charge in [0.25, 0.3) is 5.52 Å². The maximum atomic E-state index is 10.9. The summed E-state index contributed by atoms with van der Waals surface area (Å²) in [5, 5.41) is 16.0. The number of aromatic hydroxyl groups is 1. The van der Waals surface area contributed by atoms with Crippen molar-refractivity contribution in [3.63, 3.8) is 0 Å². The summed E-state index contributed by atoms with van der Waals surface area (Å²) in [5.41, 5.74) is 3.40. The second-order valence-corrected chi connectivity index (χ2v) is 6.50. The van der Waals surface area contributed by atoms with Crippen molar-refractivity contribution < 1.29 is 15.1 Å². The number of aromatic nitrogens is 2. The van der Waals surface area contributed by atoms with Gasteiger partial charge in [0.15, 0.2) is 24.3 Å². The summed E-state index contributed by atoms with van der Waals surface area (Å²) < 4.78 is 0. The number of halogens is 1. The smallest absolute Gasteiger partial charge is 0.253 e. The molecular weight excluding hydrogens is 346 g/mol. The summed E-state index contributed by atoms with van der Waals surface area (Å²) in [4.78, 5) is 6.17. The van der Waals surface area contributed by atoms with Crippen LogP contribution < -0.4 is 15.3 Å². The normalized spacial score (nSPS) is 12.0. The molecule has 4 rings (SSSR count). The van der Waals surface area contributed by atoms with Crippen LogP contribution in [0.3, 0.4) is 0 Å². The second kappa shape index (κ2) is 7.02. The number of fused-ring (bicyclic) bond motifs is 1. The molecule has 2 aromatic carbocycles. The first-order valence-corrected chi connectivity index (χ1v) is 8.70. The third kappa shape index (κ3) is 3.19. The number of pyridine rings is 2. The number of hydrogen-bond donors (Lipinski definition) is 2. The van der Waals surface area contributed by atoms with E-state index in [1.165, 1.54) is 0 Å². The van der Waals surface area contributed by atoms with E-state index in [1.807, 2.05) is 79.3 Å². The number of phenols is 1. The molecule has 1 atom stereocenters. The third-order valence-electron chi connectivity index (χ3n) is 4.37. The Bertz CT molecular complexity index is 1050. The van der Waals surface area contributed by atoms with E-state index in [0.717, 1.165) is 22.2 Å². The Labute approximate surface area is 156 Å². The van der Waals surface area contributed by atoms with Gasteiger partial charge >= 0.3 is 0 Å². The standard InChI is InChI=1S/C21H16ClN3O/c22-16-4-1-5-17(13-16)25-19(15-8-11-23-12-9-15)18-7-6-14-3-2-10-24-20(14)21(18)26/h1-13,19,25-26H/p+2. The molecule has 0 fully saturated rings. The van der Waals surface area contributed by atoms with Gasteiger partial charge in [0.2, 0.25) is 0 Å². The average molecular weight is 364 g/mol. The minimum absolute atomic E-state index is 0.232. The molecule has 26 heavy (non-hydrogen) atoms. The number of hydrogen-bond acceptors (Lipinski definition) is 2. The quantitative estimate of drug-likeness (QED) is 0.575. The largest absolute Gasteiger partial charge is 0.502 e. The molecule has 0 spiro atoms. The summed E-state index contributed by atoms with van der Waals surface area (Å²) in [6, 6.07) is 19.1. The summed E-state index contributed by atoms with van der Waals surface area (Å²) in [6.45, 7) is 0. The van der Waals surface area contributed by atoms with Crippen LogP contribution in [0.25, 0.3) is 10.9 Å². The Morgan fingerprint density at radius 1 is 0.923 bits per heavy atom. The fourth-order valence-electron chi connectivity index (χ4n) is 3.11. The average Bonchev–Trinajstić information content (AvgIpc) is 2.68. The Kier molecular flexibility index (Phi) is 4.42. The summed E-state index contributed by atoms with van der Waals surface area (Å²) in [5.74, 6) is 0.232. The van der Waals surface area contributed by atoms with E-state index >= 15 is 0 Å². The zero-order valence-electron chi connectivity index (χ0n) is 13.9. The number of benzene rings is 2. The van der Waals surface area contributed by atoms with E-state index in [-0.39, 0.29) is 11.8 Å². The fraction of sp³-hybridized carbons (Fsp3) is 0.0476. The van der Waals surface area contributed by atoms with Crippen molar-refractivity contribution in [2.45, 2.75) is 6.04 Å². The summed E-state index contributed by atoms with van der Waals surface area (Å²) in [7, 11) is 0. The third-order valence-corrected chi connectivity index (χ3v) is 4.60. The maximum Gasteiger partial charge on any atom is 0.253 e. The van der Waals surface area contributed by atoms with Gasteiger partial charge in [-0.15, -0.1) is 0 Å². The van der Waals surface area contributed by atoms with Crippen molar-refractivity contribution in [2.75, 3.05) is 5.32 Å².